The predicted octanol–water partition coefficient (Wildman–Crippen LogP) is 2.17. The van der Waals surface area contributed by atoms with E-state index < -0.39 is 0 Å². The van der Waals surface area contributed by atoms with Crippen molar-refractivity contribution in [1.82, 2.24) is 4.90 Å². The van der Waals surface area contributed by atoms with E-state index in [0.29, 0.717) is 24.1 Å². The molecular weight excluding hydrogens is 254 g/mol. The minimum atomic E-state index is -0.0142. The van der Waals surface area contributed by atoms with Crippen LogP contribution in [0, 0.1) is 0 Å². The molecule has 1 saturated carbocycles. The van der Waals surface area contributed by atoms with Crippen molar-refractivity contribution in [2.75, 3.05) is 13.2 Å². The lowest BCUT2D eigenvalue weighted by Crippen LogP contribution is -2.35. The van der Waals surface area contributed by atoms with Crippen LogP contribution in [0.4, 0.5) is 0 Å². The van der Waals surface area contributed by atoms with Crippen LogP contribution in [0.5, 0.6) is 5.75 Å². The van der Waals surface area contributed by atoms with Gasteiger partial charge in [0.2, 0.25) is 0 Å². The number of para-hydroxylation sites is 1. The van der Waals surface area contributed by atoms with Crippen LogP contribution in [0.3, 0.4) is 0 Å². The quantitative estimate of drug-likeness (QED) is 0.916. The number of hydrogen-bond acceptors (Lipinski definition) is 3. The fourth-order valence-corrected chi connectivity index (χ4v) is 2.85. The summed E-state index contributed by atoms with van der Waals surface area (Å²) in [6, 6.07) is 6.09. The number of amides is 1. The molecule has 1 fully saturated rings. The van der Waals surface area contributed by atoms with E-state index in [1.54, 1.807) is 4.90 Å². The molecule has 2 atom stereocenters. The van der Waals surface area contributed by atoms with Gasteiger partial charge in [0.25, 0.3) is 5.91 Å². The number of fused-ring (bicyclic) bond motifs is 1. The molecule has 0 saturated heterocycles. The number of rotatable bonds is 4. The average Bonchev–Trinajstić information content (AvgIpc) is 3.23. The van der Waals surface area contributed by atoms with Crippen LogP contribution in [-0.2, 0) is 0 Å². The number of aliphatic hydroxyl groups is 1. The standard InChI is InChI=1S/C16H21NO3/c1-10-11(2)20-15-13(10)4-3-5-14(15)16(19)17(8-9-18)12-6-7-12/h3-5,10-12,18H,6-9H2,1-2H3. The predicted molar refractivity (Wildman–Crippen MR) is 76.1 cm³/mol. The Morgan fingerprint density at radius 1 is 1.40 bits per heavy atom. The van der Waals surface area contributed by atoms with Crippen LogP contribution in [0.1, 0.15) is 48.5 Å². The van der Waals surface area contributed by atoms with Gasteiger partial charge in [-0.2, -0.15) is 0 Å². The molecule has 4 nitrogen and oxygen atoms in total. The summed E-state index contributed by atoms with van der Waals surface area (Å²) in [5.74, 6) is 1.03. The first kappa shape index (κ1) is 13.4. The molecule has 1 heterocycles. The molecule has 1 aliphatic carbocycles. The first-order valence-corrected chi connectivity index (χ1v) is 7.35. The molecule has 0 spiro atoms. The molecule has 2 unspecified atom stereocenters. The van der Waals surface area contributed by atoms with E-state index in [-0.39, 0.29) is 18.6 Å². The van der Waals surface area contributed by atoms with Gasteiger partial charge in [0, 0.05) is 24.1 Å². The lowest BCUT2D eigenvalue weighted by molar-refractivity contribution is 0.0702. The van der Waals surface area contributed by atoms with Crippen molar-refractivity contribution in [3.05, 3.63) is 29.3 Å². The zero-order valence-corrected chi connectivity index (χ0v) is 12.0. The topological polar surface area (TPSA) is 49.8 Å². The maximum Gasteiger partial charge on any atom is 0.257 e. The second-order valence-electron chi connectivity index (χ2n) is 5.79. The Bertz CT molecular complexity index is 524. The summed E-state index contributed by atoms with van der Waals surface area (Å²) in [6.45, 7) is 4.56. The Hall–Kier alpha value is -1.55. The van der Waals surface area contributed by atoms with Gasteiger partial charge < -0.3 is 14.7 Å². The van der Waals surface area contributed by atoms with Crippen LogP contribution >= 0.6 is 0 Å². The van der Waals surface area contributed by atoms with E-state index in [4.69, 9.17) is 9.84 Å². The van der Waals surface area contributed by atoms with Crippen molar-refractivity contribution >= 4 is 5.91 Å². The highest BCUT2D eigenvalue weighted by atomic mass is 16.5. The van der Waals surface area contributed by atoms with E-state index >= 15 is 0 Å². The Balaban J connectivity index is 1.93. The molecule has 4 heteroatoms. The highest BCUT2D eigenvalue weighted by Crippen LogP contribution is 2.41. The summed E-state index contributed by atoms with van der Waals surface area (Å²) in [7, 11) is 0. The number of nitrogens with zero attached hydrogens (tertiary/aromatic N) is 1. The number of hydrogen-bond donors (Lipinski definition) is 1. The zero-order valence-electron chi connectivity index (χ0n) is 12.0. The SMILES string of the molecule is CC1Oc2c(C(=O)N(CCO)C3CC3)cccc2C1C. The third kappa shape index (κ3) is 2.18. The lowest BCUT2D eigenvalue weighted by atomic mass is 9.96. The van der Waals surface area contributed by atoms with Crippen molar-refractivity contribution < 1.29 is 14.6 Å². The third-order valence-corrected chi connectivity index (χ3v) is 4.36. The van der Waals surface area contributed by atoms with E-state index in [1.165, 1.54) is 0 Å². The summed E-state index contributed by atoms with van der Waals surface area (Å²) >= 11 is 0. The first-order valence-electron chi connectivity index (χ1n) is 7.35. The maximum atomic E-state index is 12.7. The van der Waals surface area contributed by atoms with Crippen molar-refractivity contribution in [1.29, 1.82) is 0 Å². The van der Waals surface area contributed by atoms with Gasteiger partial charge in [0.1, 0.15) is 11.9 Å². The summed E-state index contributed by atoms with van der Waals surface area (Å²) in [6.07, 6.45) is 2.18. The molecule has 3 rings (SSSR count). The van der Waals surface area contributed by atoms with Crippen LogP contribution < -0.4 is 4.74 Å². The number of benzene rings is 1. The van der Waals surface area contributed by atoms with Gasteiger partial charge in [-0.3, -0.25) is 4.79 Å². The number of carbonyl (C=O) groups excluding carboxylic acids is 1. The minimum absolute atomic E-state index is 0.00489. The Labute approximate surface area is 119 Å². The number of ether oxygens (including phenoxy) is 1. The van der Waals surface area contributed by atoms with E-state index in [2.05, 4.69) is 6.92 Å². The molecule has 1 aromatic carbocycles. The van der Waals surface area contributed by atoms with Gasteiger partial charge in [0.05, 0.1) is 12.2 Å². The molecule has 1 aliphatic heterocycles. The molecule has 1 aromatic rings. The second kappa shape index (κ2) is 5.09. The van der Waals surface area contributed by atoms with Crippen molar-refractivity contribution in [2.45, 2.75) is 44.8 Å². The third-order valence-electron chi connectivity index (χ3n) is 4.36. The van der Waals surface area contributed by atoms with Crippen molar-refractivity contribution in [2.24, 2.45) is 0 Å². The Morgan fingerprint density at radius 3 is 2.80 bits per heavy atom. The summed E-state index contributed by atoms with van der Waals surface area (Å²) in [5.41, 5.74) is 1.75. The molecule has 0 aromatic heterocycles. The summed E-state index contributed by atoms with van der Waals surface area (Å²) in [5, 5.41) is 9.16. The number of carbonyl (C=O) groups is 1. The molecule has 2 aliphatic rings. The monoisotopic (exact) mass is 275 g/mol. The van der Waals surface area contributed by atoms with E-state index in [0.717, 1.165) is 24.2 Å². The van der Waals surface area contributed by atoms with E-state index in [1.807, 2.05) is 25.1 Å². The molecule has 0 bridgehead atoms. The van der Waals surface area contributed by atoms with Gasteiger partial charge in [-0.25, -0.2) is 0 Å². The Kier molecular flexibility index (Phi) is 3.42. The number of aliphatic hydroxyl groups excluding tert-OH is 1. The average molecular weight is 275 g/mol. The maximum absolute atomic E-state index is 12.7. The van der Waals surface area contributed by atoms with E-state index in [9.17, 15) is 4.79 Å². The van der Waals surface area contributed by atoms with Crippen LogP contribution in [0.25, 0.3) is 0 Å². The lowest BCUT2D eigenvalue weighted by Gasteiger charge is -2.22. The normalized spacial score (nSPS) is 24.1. The van der Waals surface area contributed by atoms with Crippen LogP contribution in [0.2, 0.25) is 0 Å². The highest BCUT2D eigenvalue weighted by Gasteiger charge is 2.36. The van der Waals surface area contributed by atoms with Gasteiger partial charge >= 0.3 is 0 Å². The fraction of sp³-hybridized carbons (Fsp3) is 0.562. The molecular formula is C16H21NO3. The molecule has 1 amide bonds. The van der Waals surface area contributed by atoms with Gasteiger partial charge in [-0.15, -0.1) is 0 Å². The summed E-state index contributed by atoms with van der Waals surface area (Å²) in [4.78, 5) is 14.5. The van der Waals surface area contributed by atoms with Crippen molar-refractivity contribution in [3.63, 3.8) is 0 Å². The Morgan fingerprint density at radius 2 is 2.15 bits per heavy atom. The fourth-order valence-electron chi connectivity index (χ4n) is 2.85. The van der Waals surface area contributed by atoms with Crippen LogP contribution in [-0.4, -0.2) is 41.2 Å². The molecule has 0 radical (unpaired) electrons. The van der Waals surface area contributed by atoms with Gasteiger partial charge in [0.15, 0.2) is 0 Å². The smallest absolute Gasteiger partial charge is 0.257 e. The minimum Gasteiger partial charge on any atom is -0.489 e. The molecule has 108 valence electrons. The van der Waals surface area contributed by atoms with Crippen molar-refractivity contribution in [3.8, 4) is 5.75 Å². The molecule has 1 N–H and O–H groups in total. The largest absolute Gasteiger partial charge is 0.489 e. The zero-order chi connectivity index (χ0) is 14.3. The van der Waals surface area contributed by atoms with Crippen LogP contribution in [0.15, 0.2) is 18.2 Å². The first-order chi connectivity index (χ1) is 9.63. The van der Waals surface area contributed by atoms with Gasteiger partial charge in [-0.05, 0) is 25.8 Å². The summed E-state index contributed by atoms with van der Waals surface area (Å²) < 4.78 is 5.89. The van der Waals surface area contributed by atoms with Gasteiger partial charge in [-0.1, -0.05) is 19.1 Å². The second-order valence-corrected chi connectivity index (χ2v) is 5.79. The highest BCUT2D eigenvalue weighted by molar-refractivity contribution is 5.98. The molecule has 20 heavy (non-hydrogen) atoms.